The molecule has 0 spiro atoms. The molecule has 6 rings (SSSR count). The summed E-state index contributed by atoms with van der Waals surface area (Å²) in [5, 5.41) is 0. The van der Waals surface area contributed by atoms with Crippen molar-refractivity contribution in [1.82, 2.24) is 34.5 Å². The summed E-state index contributed by atoms with van der Waals surface area (Å²) in [6.45, 7) is 2.96. The molecule has 248 valence electrons. The van der Waals surface area contributed by atoms with E-state index in [4.69, 9.17) is 4.74 Å². The summed E-state index contributed by atoms with van der Waals surface area (Å²) in [7, 11) is 5.12. The molecule has 2 aromatic rings. The maximum atomic E-state index is 14.5. The first-order chi connectivity index (χ1) is 21.5. The highest BCUT2D eigenvalue weighted by Crippen LogP contribution is 2.43. The fraction of sp³-hybridized carbons (Fsp3) is 0.688. The van der Waals surface area contributed by atoms with Gasteiger partial charge in [-0.1, -0.05) is 12.0 Å². The van der Waals surface area contributed by atoms with E-state index in [2.05, 4.69) is 27.7 Å². The van der Waals surface area contributed by atoms with Gasteiger partial charge in [0.05, 0.1) is 31.0 Å². The largest absolute Gasteiger partial charge is 0.453 e. The number of alkyl halides is 3. The van der Waals surface area contributed by atoms with Crippen LogP contribution in [0.5, 0.6) is 0 Å². The van der Waals surface area contributed by atoms with Crippen LogP contribution in [0.15, 0.2) is 34.4 Å². The number of fused-ring (bicyclic) bond motifs is 1. The van der Waals surface area contributed by atoms with E-state index in [9.17, 15) is 22.8 Å². The predicted octanol–water partition coefficient (Wildman–Crippen LogP) is 4.57. The van der Waals surface area contributed by atoms with Crippen molar-refractivity contribution in [1.29, 1.82) is 0 Å². The topological polar surface area (TPSA) is 86.5 Å². The third kappa shape index (κ3) is 6.68. The zero-order chi connectivity index (χ0) is 31.9. The van der Waals surface area contributed by atoms with E-state index in [0.717, 1.165) is 64.6 Å². The van der Waals surface area contributed by atoms with E-state index in [1.165, 1.54) is 46.2 Å². The molecular formula is C32H46F3N7O3. The lowest BCUT2D eigenvalue weighted by Crippen LogP contribution is -2.41. The molecule has 2 saturated carbocycles. The van der Waals surface area contributed by atoms with Gasteiger partial charge in [0.25, 0.3) is 0 Å². The Morgan fingerprint density at radius 1 is 1.13 bits per heavy atom. The molecule has 10 nitrogen and oxygen atoms in total. The maximum absolute atomic E-state index is 14.5. The number of pyridine rings is 1. The number of likely N-dealkylation sites (N-methyl/N-ethyl adjacent to an activating group) is 1. The first kappa shape index (κ1) is 32.1. The summed E-state index contributed by atoms with van der Waals surface area (Å²) in [6, 6.07) is 1.05. The Bertz CT molecular complexity index is 1480. The number of nitrogens with one attached hydrogen (secondary N) is 2. The predicted molar refractivity (Wildman–Crippen MR) is 164 cm³/mol. The molecule has 4 heterocycles. The summed E-state index contributed by atoms with van der Waals surface area (Å²) in [6.07, 6.45) is 6.77. The second-order valence-corrected chi connectivity index (χ2v) is 13.5. The minimum absolute atomic E-state index is 0.0893. The lowest BCUT2D eigenvalue weighted by atomic mass is 9.74. The van der Waals surface area contributed by atoms with E-state index < -0.39 is 23.5 Å². The fourth-order valence-electron chi connectivity index (χ4n) is 7.99. The number of aromatic nitrogens is 2. The Morgan fingerprint density at radius 2 is 1.93 bits per heavy atom. The van der Waals surface area contributed by atoms with Crippen LogP contribution in [0.4, 0.5) is 18.0 Å². The molecule has 2 aliphatic heterocycles. The monoisotopic (exact) mass is 633 g/mol. The highest BCUT2D eigenvalue weighted by atomic mass is 19.4. The van der Waals surface area contributed by atoms with Gasteiger partial charge in [-0.2, -0.15) is 13.2 Å². The number of imidazole rings is 1. The first-order valence-electron chi connectivity index (χ1n) is 16.3. The van der Waals surface area contributed by atoms with Gasteiger partial charge in [0.15, 0.2) is 0 Å². The Kier molecular flexibility index (Phi) is 9.33. The number of nitrogens with zero attached hydrogens (tertiary/aromatic N) is 5. The van der Waals surface area contributed by atoms with Gasteiger partial charge in [0, 0.05) is 45.1 Å². The van der Waals surface area contributed by atoms with Gasteiger partial charge < -0.3 is 9.64 Å². The number of piperidine rings is 1. The summed E-state index contributed by atoms with van der Waals surface area (Å²) < 4.78 is 51.0. The Labute approximate surface area is 262 Å². The van der Waals surface area contributed by atoms with Gasteiger partial charge >= 0.3 is 18.0 Å². The minimum atomic E-state index is -4.60. The number of halogens is 3. The number of methoxy groups -OCH3 is 1. The average Bonchev–Trinajstić information content (AvgIpc) is 3.56. The SMILES string of the molecule is COC(=O)N(C)CC1CCCN(Cc2cc(C(F)(F)F)c3cn(C4CCCC(C(=C5CCC5)C5NNCN5C)C4)c(=O)n3c2)C1. The van der Waals surface area contributed by atoms with Crippen molar-refractivity contribution in [2.45, 2.75) is 82.7 Å². The number of likely N-dealkylation sites (tertiary alicyclic amines) is 1. The lowest BCUT2D eigenvalue weighted by molar-refractivity contribution is -0.136. The van der Waals surface area contributed by atoms with E-state index in [1.54, 1.807) is 17.8 Å². The molecule has 4 aliphatic rings. The van der Waals surface area contributed by atoms with E-state index in [0.29, 0.717) is 25.2 Å². The van der Waals surface area contributed by atoms with Crippen LogP contribution < -0.4 is 16.5 Å². The van der Waals surface area contributed by atoms with Crippen LogP contribution in [0.1, 0.15) is 75.0 Å². The number of amides is 1. The van der Waals surface area contributed by atoms with Crippen molar-refractivity contribution in [3.8, 4) is 0 Å². The number of carbonyl (C=O) groups is 1. The Hall–Kier alpha value is -2.87. The van der Waals surface area contributed by atoms with Crippen molar-refractivity contribution < 1.29 is 22.7 Å². The van der Waals surface area contributed by atoms with Gasteiger partial charge in [-0.15, -0.1) is 0 Å². The van der Waals surface area contributed by atoms with Gasteiger partial charge in [0.1, 0.15) is 0 Å². The third-order valence-electron chi connectivity index (χ3n) is 10.3. The van der Waals surface area contributed by atoms with Gasteiger partial charge in [0.2, 0.25) is 0 Å². The van der Waals surface area contributed by atoms with Crippen LogP contribution in [0.25, 0.3) is 5.52 Å². The maximum Gasteiger partial charge on any atom is 0.418 e. The second-order valence-electron chi connectivity index (χ2n) is 13.5. The van der Waals surface area contributed by atoms with Crippen LogP contribution in [0, 0.1) is 11.8 Å². The molecule has 1 amide bonds. The van der Waals surface area contributed by atoms with Crippen LogP contribution in [-0.2, 0) is 17.5 Å². The van der Waals surface area contributed by atoms with Crippen LogP contribution in [-0.4, -0.2) is 83.4 Å². The molecule has 13 heteroatoms. The normalized spacial score (nSPS) is 26.7. The van der Waals surface area contributed by atoms with E-state index >= 15 is 0 Å². The van der Waals surface area contributed by atoms with Crippen molar-refractivity contribution in [3.05, 3.63) is 51.2 Å². The fourth-order valence-corrected chi connectivity index (χ4v) is 7.99. The van der Waals surface area contributed by atoms with Crippen LogP contribution >= 0.6 is 0 Å². The molecule has 45 heavy (non-hydrogen) atoms. The Morgan fingerprint density at radius 3 is 2.60 bits per heavy atom. The smallest absolute Gasteiger partial charge is 0.418 e. The van der Waals surface area contributed by atoms with E-state index in [1.807, 2.05) is 0 Å². The standard InChI is InChI=1S/C32H46F3N7O3/c1-38(31(44)45-3)15-21-7-6-12-40(16-21)17-22-13-26(32(33,34)35)27-19-41(30(43)42(27)18-22)25-11-5-10-24(14-25)28(23-8-4-9-23)29-37-36-20-39(29)2/h13,18-19,21,24-25,29,36-37H,4-12,14-17,20H2,1-3H3. The third-order valence-corrected chi connectivity index (χ3v) is 10.3. The molecule has 2 saturated heterocycles. The summed E-state index contributed by atoms with van der Waals surface area (Å²) in [4.78, 5) is 31.6. The number of hydrazine groups is 1. The molecular weight excluding hydrogens is 587 g/mol. The van der Waals surface area contributed by atoms with Crippen molar-refractivity contribution in [3.63, 3.8) is 0 Å². The minimum Gasteiger partial charge on any atom is -0.453 e. The Balaban J connectivity index is 1.26. The van der Waals surface area contributed by atoms with Crippen LogP contribution in [0.3, 0.4) is 0 Å². The van der Waals surface area contributed by atoms with Crippen LogP contribution in [0.2, 0.25) is 0 Å². The first-order valence-corrected chi connectivity index (χ1v) is 16.3. The molecule has 0 bridgehead atoms. The summed E-state index contributed by atoms with van der Waals surface area (Å²) in [5.74, 6) is 0.461. The quantitative estimate of drug-likeness (QED) is 0.433. The zero-order valence-corrected chi connectivity index (χ0v) is 26.5. The molecule has 4 fully saturated rings. The number of carbonyl (C=O) groups excluding carboxylic acids is 1. The average molecular weight is 634 g/mol. The summed E-state index contributed by atoms with van der Waals surface area (Å²) in [5.41, 5.74) is 8.74. The molecule has 4 unspecified atom stereocenters. The number of rotatable bonds is 7. The van der Waals surface area contributed by atoms with Gasteiger partial charge in [-0.25, -0.2) is 20.4 Å². The molecule has 2 aromatic heterocycles. The second kappa shape index (κ2) is 13.1. The number of hydrogen-bond donors (Lipinski definition) is 2. The number of hydrogen-bond acceptors (Lipinski definition) is 7. The highest BCUT2D eigenvalue weighted by molar-refractivity contribution is 5.66. The van der Waals surface area contributed by atoms with Gasteiger partial charge in [-0.3, -0.25) is 18.8 Å². The lowest BCUT2D eigenvalue weighted by Gasteiger charge is -2.38. The molecule has 0 aromatic carbocycles. The molecule has 2 N–H and O–H groups in total. The van der Waals surface area contributed by atoms with Gasteiger partial charge in [-0.05, 0) is 94.0 Å². The zero-order valence-electron chi connectivity index (χ0n) is 26.5. The molecule has 0 radical (unpaired) electrons. The molecule has 4 atom stereocenters. The highest BCUT2D eigenvalue weighted by Gasteiger charge is 2.38. The number of allylic oxidation sites excluding steroid dienone is 1. The molecule has 2 aliphatic carbocycles. The summed E-state index contributed by atoms with van der Waals surface area (Å²) >= 11 is 0. The number of ether oxygens (including phenoxy) is 1. The van der Waals surface area contributed by atoms with Crippen molar-refractivity contribution in [2.24, 2.45) is 11.8 Å². The van der Waals surface area contributed by atoms with Crippen molar-refractivity contribution >= 4 is 11.6 Å². The van der Waals surface area contributed by atoms with E-state index in [-0.39, 0.29) is 29.6 Å². The van der Waals surface area contributed by atoms with Crippen molar-refractivity contribution in [2.75, 3.05) is 47.5 Å².